The Balaban J connectivity index is 1.52. The summed E-state index contributed by atoms with van der Waals surface area (Å²) in [6.07, 6.45) is 3.06. The molecule has 2 amide bonds. The van der Waals surface area contributed by atoms with Gasteiger partial charge in [-0.05, 0) is 55.2 Å². The van der Waals surface area contributed by atoms with Crippen LogP contribution in [0.5, 0.6) is 0 Å². The smallest absolute Gasteiger partial charge is 0.263 e. The maximum atomic E-state index is 12.7. The Hall–Kier alpha value is -2.98. The van der Waals surface area contributed by atoms with Crippen LogP contribution in [0.15, 0.2) is 52.3 Å². The summed E-state index contributed by atoms with van der Waals surface area (Å²) < 4.78 is 27.9. The van der Waals surface area contributed by atoms with Crippen molar-refractivity contribution in [2.45, 2.75) is 31.6 Å². The Morgan fingerprint density at radius 2 is 1.68 bits per heavy atom. The first-order valence-corrected chi connectivity index (χ1v) is 13.0. The number of amides is 2. The van der Waals surface area contributed by atoms with Crippen molar-refractivity contribution in [3.63, 3.8) is 0 Å². The molecule has 184 valence electrons. The van der Waals surface area contributed by atoms with Crippen molar-refractivity contribution < 1.29 is 18.0 Å². The molecule has 9 nitrogen and oxygen atoms in total. The highest BCUT2D eigenvalue weighted by atomic mass is 32.2. The average molecular weight is 489 g/mol. The van der Waals surface area contributed by atoms with E-state index in [1.165, 1.54) is 33.1 Å². The molecule has 1 aromatic heterocycles. The Bertz CT molecular complexity index is 1180. The molecule has 0 saturated carbocycles. The summed E-state index contributed by atoms with van der Waals surface area (Å²) in [7, 11) is -1.95. The number of likely N-dealkylation sites (tertiary alicyclic amines) is 1. The number of sulfonamides is 1. The van der Waals surface area contributed by atoms with E-state index in [4.69, 9.17) is 0 Å². The third-order valence-electron chi connectivity index (χ3n) is 6.27. The summed E-state index contributed by atoms with van der Waals surface area (Å²) >= 11 is 0. The molecule has 1 N–H and O–H groups in total. The van der Waals surface area contributed by atoms with Crippen molar-refractivity contribution >= 4 is 21.8 Å². The fraction of sp³-hybridized carbons (Fsp3) is 0.458. The number of nitrogens with one attached hydrogen (secondary N) is 1. The van der Waals surface area contributed by atoms with Crippen LogP contribution in [0.1, 0.15) is 47.4 Å². The minimum absolute atomic E-state index is 0.165. The molecule has 1 aromatic carbocycles. The van der Waals surface area contributed by atoms with Gasteiger partial charge in [0.05, 0.1) is 4.90 Å². The van der Waals surface area contributed by atoms with Crippen LogP contribution in [0.3, 0.4) is 0 Å². The van der Waals surface area contributed by atoms with Gasteiger partial charge in [0.15, 0.2) is 0 Å². The largest absolute Gasteiger partial charge is 0.352 e. The first-order chi connectivity index (χ1) is 16.2. The predicted molar refractivity (Wildman–Crippen MR) is 129 cm³/mol. The lowest BCUT2D eigenvalue weighted by Crippen LogP contribution is -2.43. The van der Waals surface area contributed by atoms with E-state index >= 15 is 0 Å². The fourth-order valence-corrected chi connectivity index (χ4v) is 5.56. The molecule has 0 spiro atoms. The lowest BCUT2D eigenvalue weighted by atomic mass is 9.96. The van der Waals surface area contributed by atoms with Crippen LogP contribution in [0.25, 0.3) is 0 Å². The van der Waals surface area contributed by atoms with Crippen molar-refractivity contribution in [1.82, 2.24) is 19.1 Å². The van der Waals surface area contributed by atoms with Gasteiger partial charge in [-0.25, -0.2) is 8.42 Å². The lowest BCUT2D eigenvalue weighted by Gasteiger charge is -2.32. The molecule has 0 atom stereocenters. The van der Waals surface area contributed by atoms with Crippen LogP contribution in [0.4, 0.5) is 0 Å². The maximum Gasteiger partial charge on any atom is 0.263 e. The van der Waals surface area contributed by atoms with E-state index in [0.717, 1.165) is 12.8 Å². The van der Waals surface area contributed by atoms with Crippen LogP contribution in [0.2, 0.25) is 0 Å². The minimum Gasteiger partial charge on any atom is -0.352 e. The number of hydrogen-bond acceptors (Lipinski definition) is 5. The SMILES string of the molecule is CCN(CC)S(=O)(=O)c1ccc(C(=O)NCC2CCN(C(=O)c3cccn(C)c3=O)CC2)cc1. The second-order valence-corrected chi connectivity index (χ2v) is 10.3. The van der Waals surface area contributed by atoms with Crippen LogP contribution in [0, 0.1) is 5.92 Å². The summed E-state index contributed by atoms with van der Waals surface area (Å²) in [5.74, 6) is -0.310. The van der Waals surface area contributed by atoms with Gasteiger partial charge in [-0.2, -0.15) is 4.31 Å². The minimum atomic E-state index is -3.56. The molecule has 1 aliphatic heterocycles. The highest BCUT2D eigenvalue weighted by molar-refractivity contribution is 7.89. The standard InChI is InChI=1S/C24H32N4O5S/c1-4-28(5-2)34(32,33)20-10-8-19(9-11-20)22(29)25-17-18-12-15-27(16-13-18)24(31)21-7-6-14-26(3)23(21)30/h6-11,14,18H,4-5,12-13,15-17H2,1-3H3,(H,25,29). The molecule has 2 aromatic rings. The molecule has 2 heterocycles. The van der Waals surface area contributed by atoms with E-state index in [-0.39, 0.29) is 33.8 Å². The van der Waals surface area contributed by atoms with Gasteiger partial charge in [0.2, 0.25) is 10.0 Å². The Morgan fingerprint density at radius 1 is 1.06 bits per heavy atom. The number of pyridine rings is 1. The molecule has 3 rings (SSSR count). The third-order valence-corrected chi connectivity index (χ3v) is 8.33. The number of rotatable bonds is 8. The number of aryl methyl sites for hydroxylation is 1. The van der Waals surface area contributed by atoms with Gasteiger partial charge in [-0.1, -0.05) is 13.8 Å². The summed E-state index contributed by atoms with van der Waals surface area (Å²) in [5, 5.41) is 2.91. The first-order valence-electron chi connectivity index (χ1n) is 11.5. The summed E-state index contributed by atoms with van der Waals surface area (Å²) in [6, 6.07) is 9.19. The van der Waals surface area contributed by atoms with Gasteiger partial charge in [0.1, 0.15) is 5.56 Å². The van der Waals surface area contributed by atoms with Gasteiger partial charge in [0, 0.05) is 51.5 Å². The quantitative estimate of drug-likeness (QED) is 0.608. The van der Waals surface area contributed by atoms with Crippen molar-refractivity contribution in [3.8, 4) is 0 Å². The maximum absolute atomic E-state index is 12.7. The molecule has 0 unspecified atom stereocenters. The molecule has 1 aliphatic rings. The number of aromatic nitrogens is 1. The highest BCUT2D eigenvalue weighted by Crippen LogP contribution is 2.19. The third kappa shape index (κ3) is 5.56. The number of nitrogens with zero attached hydrogens (tertiary/aromatic N) is 3. The van der Waals surface area contributed by atoms with Gasteiger partial charge in [0.25, 0.3) is 17.4 Å². The zero-order valence-electron chi connectivity index (χ0n) is 19.9. The predicted octanol–water partition coefficient (Wildman–Crippen LogP) is 1.70. The van der Waals surface area contributed by atoms with Crippen LogP contribution < -0.4 is 10.9 Å². The fourth-order valence-electron chi connectivity index (χ4n) is 4.10. The topological polar surface area (TPSA) is 109 Å². The van der Waals surface area contributed by atoms with Crippen LogP contribution in [-0.4, -0.2) is 66.7 Å². The van der Waals surface area contributed by atoms with Gasteiger partial charge >= 0.3 is 0 Å². The number of piperidine rings is 1. The van der Waals surface area contributed by atoms with Crippen molar-refractivity contribution in [3.05, 3.63) is 64.1 Å². The monoisotopic (exact) mass is 488 g/mol. The van der Waals surface area contributed by atoms with E-state index in [2.05, 4.69) is 5.32 Å². The molecule has 0 bridgehead atoms. The van der Waals surface area contributed by atoms with Gasteiger partial charge < -0.3 is 14.8 Å². The molecule has 34 heavy (non-hydrogen) atoms. The van der Waals surface area contributed by atoms with E-state index in [1.54, 1.807) is 44.1 Å². The first kappa shape index (κ1) is 25.6. The molecule has 0 aliphatic carbocycles. The van der Waals surface area contributed by atoms with Crippen molar-refractivity contribution in [2.75, 3.05) is 32.7 Å². The zero-order chi connectivity index (χ0) is 24.9. The highest BCUT2D eigenvalue weighted by Gasteiger charge is 2.26. The molecular weight excluding hydrogens is 456 g/mol. The number of benzene rings is 1. The van der Waals surface area contributed by atoms with Gasteiger partial charge in [-0.15, -0.1) is 0 Å². The van der Waals surface area contributed by atoms with Gasteiger partial charge in [-0.3, -0.25) is 14.4 Å². The van der Waals surface area contributed by atoms with Crippen molar-refractivity contribution in [2.24, 2.45) is 13.0 Å². The van der Waals surface area contributed by atoms with E-state index in [0.29, 0.717) is 38.3 Å². The second kappa shape index (κ2) is 11.0. The van der Waals surface area contributed by atoms with Crippen LogP contribution >= 0.6 is 0 Å². The summed E-state index contributed by atoms with van der Waals surface area (Å²) in [5.41, 5.74) is 0.257. The molecule has 1 fully saturated rings. The Labute approximate surface area is 200 Å². The van der Waals surface area contributed by atoms with Crippen LogP contribution in [-0.2, 0) is 17.1 Å². The number of carbonyl (C=O) groups excluding carboxylic acids is 2. The molecule has 10 heteroatoms. The van der Waals surface area contributed by atoms with E-state index < -0.39 is 10.0 Å². The molecule has 1 saturated heterocycles. The number of carbonyl (C=O) groups is 2. The molecule has 0 radical (unpaired) electrons. The Morgan fingerprint density at radius 3 is 2.26 bits per heavy atom. The van der Waals surface area contributed by atoms with E-state index in [9.17, 15) is 22.8 Å². The second-order valence-electron chi connectivity index (χ2n) is 8.40. The van der Waals surface area contributed by atoms with E-state index in [1.807, 2.05) is 0 Å². The summed E-state index contributed by atoms with van der Waals surface area (Å²) in [6.45, 7) is 5.84. The summed E-state index contributed by atoms with van der Waals surface area (Å²) in [4.78, 5) is 39.3. The molecular formula is C24H32N4O5S. The zero-order valence-corrected chi connectivity index (χ0v) is 20.7. The average Bonchev–Trinajstić information content (AvgIpc) is 2.85. The normalized spacial score (nSPS) is 14.9. The van der Waals surface area contributed by atoms with Crippen molar-refractivity contribution in [1.29, 1.82) is 0 Å². The Kier molecular flexibility index (Phi) is 8.27. The number of hydrogen-bond donors (Lipinski definition) is 1. The lowest BCUT2D eigenvalue weighted by molar-refractivity contribution is 0.0682.